The van der Waals surface area contributed by atoms with Crippen LogP contribution in [0.5, 0.6) is 0 Å². The minimum absolute atomic E-state index is 0. The Hall–Kier alpha value is -0.530. The van der Waals surface area contributed by atoms with Gasteiger partial charge in [0.2, 0.25) is 0 Å². The van der Waals surface area contributed by atoms with Gasteiger partial charge in [0.05, 0.1) is 6.54 Å². The molecule has 1 saturated carbocycles. The topological polar surface area (TPSA) is 59.6 Å². The number of ether oxygens (including phenoxy) is 1. The van der Waals surface area contributed by atoms with E-state index in [1.54, 1.807) is 7.11 Å². The van der Waals surface area contributed by atoms with Crippen molar-refractivity contribution in [2.45, 2.75) is 44.2 Å². The Morgan fingerprint density at radius 1 is 1.41 bits per heavy atom. The summed E-state index contributed by atoms with van der Waals surface area (Å²) in [6.07, 6.45) is 6.10. The van der Waals surface area contributed by atoms with Crippen LogP contribution in [0.2, 0.25) is 5.02 Å². The molecule has 124 valence electrons. The second-order valence-corrected chi connectivity index (χ2v) is 5.92. The largest absolute Gasteiger partial charge is 0.375 e. The highest BCUT2D eigenvalue weighted by molar-refractivity contribution is 14.0. The van der Waals surface area contributed by atoms with Gasteiger partial charge in [-0.2, -0.15) is 0 Å². The van der Waals surface area contributed by atoms with E-state index in [-0.39, 0.29) is 30.1 Å². The summed E-state index contributed by atoms with van der Waals surface area (Å²) in [5.74, 6) is 0.506. The van der Waals surface area contributed by atoms with Crippen molar-refractivity contribution in [2.24, 2.45) is 10.7 Å². The number of hydrogen-bond donors (Lipinski definition) is 2. The molecule has 0 aliphatic heterocycles. The smallest absolute Gasteiger partial charge is 0.188 e. The average molecular weight is 438 g/mol. The molecule has 0 radical (unpaired) electrons. The standard InChI is InChI=1S/C16H24ClN3O.HI/c1-21-15(12-6-5-7-13(17)10-12)11-19-16(18)20-14-8-3-2-4-9-14;/h5-7,10,14-15H,2-4,8-9,11H2,1H3,(H3,18,19,20);1H. The maximum Gasteiger partial charge on any atom is 0.188 e. The van der Waals surface area contributed by atoms with Crippen LogP contribution in [-0.2, 0) is 4.74 Å². The maximum absolute atomic E-state index is 6.01. The number of benzene rings is 1. The van der Waals surface area contributed by atoms with Crippen molar-refractivity contribution in [3.63, 3.8) is 0 Å². The number of guanidine groups is 1. The first-order valence-electron chi connectivity index (χ1n) is 7.53. The van der Waals surface area contributed by atoms with Crippen molar-refractivity contribution in [3.8, 4) is 0 Å². The molecule has 1 unspecified atom stereocenters. The molecule has 2 rings (SSSR count). The Labute approximate surface area is 154 Å². The molecule has 1 atom stereocenters. The van der Waals surface area contributed by atoms with Crippen LogP contribution in [0.1, 0.15) is 43.8 Å². The third-order valence-corrected chi connectivity index (χ3v) is 4.12. The Morgan fingerprint density at radius 3 is 2.77 bits per heavy atom. The zero-order chi connectivity index (χ0) is 15.1. The number of hydrogen-bond acceptors (Lipinski definition) is 2. The van der Waals surface area contributed by atoms with Crippen LogP contribution in [-0.4, -0.2) is 25.7 Å². The number of aliphatic imine (C=N–C) groups is 1. The fourth-order valence-electron chi connectivity index (χ4n) is 2.71. The lowest BCUT2D eigenvalue weighted by atomic mass is 9.96. The Kier molecular flexibility index (Phi) is 9.12. The zero-order valence-corrected chi connectivity index (χ0v) is 16.0. The summed E-state index contributed by atoms with van der Waals surface area (Å²) in [7, 11) is 1.67. The van der Waals surface area contributed by atoms with E-state index in [1.165, 1.54) is 32.1 Å². The molecule has 0 spiro atoms. The number of nitrogens with two attached hydrogens (primary N) is 1. The third kappa shape index (κ3) is 6.30. The van der Waals surface area contributed by atoms with Gasteiger partial charge < -0.3 is 15.8 Å². The van der Waals surface area contributed by atoms with Crippen LogP contribution in [0.25, 0.3) is 0 Å². The lowest BCUT2D eigenvalue weighted by Crippen LogP contribution is -2.41. The van der Waals surface area contributed by atoms with E-state index in [1.807, 2.05) is 24.3 Å². The minimum Gasteiger partial charge on any atom is -0.375 e. The monoisotopic (exact) mass is 437 g/mol. The quantitative estimate of drug-likeness (QED) is 0.417. The number of rotatable bonds is 5. The van der Waals surface area contributed by atoms with Crippen molar-refractivity contribution >= 4 is 41.5 Å². The molecule has 0 bridgehead atoms. The predicted octanol–water partition coefficient (Wildman–Crippen LogP) is 3.88. The molecule has 6 heteroatoms. The molecule has 1 aliphatic carbocycles. The van der Waals surface area contributed by atoms with E-state index in [4.69, 9.17) is 22.1 Å². The van der Waals surface area contributed by atoms with Gasteiger partial charge in [-0.25, -0.2) is 0 Å². The van der Waals surface area contributed by atoms with Crippen LogP contribution < -0.4 is 11.1 Å². The molecule has 22 heavy (non-hydrogen) atoms. The normalized spacial score (nSPS) is 17.6. The molecule has 0 saturated heterocycles. The number of methoxy groups -OCH3 is 1. The van der Waals surface area contributed by atoms with Gasteiger partial charge >= 0.3 is 0 Å². The molecule has 1 fully saturated rings. The van der Waals surface area contributed by atoms with E-state index >= 15 is 0 Å². The molecule has 1 aromatic carbocycles. The van der Waals surface area contributed by atoms with Crippen molar-refractivity contribution in [3.05, 3.63) is 34.9 Å². The van der Waals surface area contributed by atoms with Crippen molar-refractivity contribution in [1.29, 1.82) is 0 Å². The summed E-state index contributed by atoms with van der Waals surface area (Å²) in [6.45, 7) is 0.488. The average Bonchev–Trinajstić information content (AvgIpc) is 2.49. The minimum atomic E-state index is -0.129. The molecule has 1 aromatic rings. The van der Waals surface area contributed by atoms with E-state index in [9.17, 15) is 0 Å². The van der Waals surface area contributed by atoms with Crippen LogP contribution >= 0.6 is 35.6 Å². The summed E-state index contributed by atoms with van der Waals surface area (Å²) >= 11 is 6.01. The number of nitrogens with zero attached hydrogens (tertiary/aromatic N) is 1. The Bertz CT molecular complexity index is 478. The van der Waals surface area contributed by atoms with Crippen LogP contribution in [0.3, 0.4) is 0 Å². The van der Waals surface area contributed by atoms with Gasteiger partial charge in [0.25, 0.3) is 0 Å². The summed E-state index contributed by atoms with van der Waals surface area (Å²) < 4.78 is 5.48. The Balaban J connectivity index is 0.00000242. The van der Waals surface area contributed by atoms with Gasteiger partial charge in [-0.3, -0.25) is 4.99 Å². The van der Waals surface area contributed by atoms with Crippen molar-refractivity contribution in [1.82, 2.24) is 5.32 Å². The lowest BCUT2D eigenvalue weighted by Gasteiger charge is -2.23. The first-order chi connectivity index (χ1) is 10.2. The molecule has 0 amide bonds. The fourth-order valence-corrected chi connectivity index (χ4v) is 2.90. The van der Waals surface area contributed by atoms with E-state index in [0.29, 0.717) is 23.6 Å². The van der Waals surface area contributed by atoms with Gasteiger partial charge in [-0.15, -0.1) is 24.0 Å². The van der Waals surface area contributed by atoms with Crippen LogP contribution in [0.4, 0.5) is 0 Å². The Morgan fingerprint density at radius 2 is 2.14 bits per heavy atom. The predicted molar refractivity (Wildman–Crippen MR) is 103 cm³/mol. The van der Waals surface area contributed by atoms with E-state index in [0.717, 1.165) is 5.56 Å². The lowest BCUT2D eigenvalue weighted by molar-refractivity contribution is 0.111. The van der Waals surface area contributed by atoms with Gasteiger partial charge in [0, 0.05) is 18.2 Å². The zero-order valence-electron chi connectivity index (χ0n) is 12.9. The summed E-state index contributed by atoms with van der Waals surface area (Å²) in [5.41, 5.74) is 6.99. The molecule has 0 aromatic heterocycles. The van der Waals surface area contributed by atoms with Gasteiger partial charge in [0.15, 0.2) is 5.96 Å². The van der Waals surface area contributed by atoms with Gasteiger partial charge in [-0.1, -0.05) is 43.0 Å². The fraction of sp³-hybridized carbons (Fsp3) is 0.562. The highest BCUT2D eigenvalue weighted by Gasteiger charge is 2.14. The van der Waals surface area contributed by atoms with Crippen molar-refractivity contribution in [2.75, 3.05) is 13.7 Å². The molecule has 3 N–H and O–H groups in total. The van der Waals surface area contributed by atoms with E-state index in [2.05, 4.69) is 10.3 Å². The summed E-state index contributed by atoms with van der Waals surface area (Å²) in [6, 6.07) is 8.11. The van der Waals surface area contributed by atoms with Gasteiger partial charge in [-0.05, 0) is 30.5 Å². The van der Waals surface area contributed by atoms with Crippen LogP contribution in [0.15, 0.2) is 29.3 Å². The summed E-state index contributed by atoms with van der Waals surface area (Å²) in [4.78, 5) is 4.41. The second-order valence-electron chi connectivity index (χ2n) is 5.48. The van der Waals surface area contributed by atoms with Crippen molar-refractivity contribution < 1.29 is 4.74 Å². The number of nitrogens with one attached hydrogen (secondary N) is 1. The maximum atomic E-state index is 6.01. The molecule has 4 nitrogen and oxygen atoms in total. The van der Waals surface area contributed by atoms with E-state index < -0.39 is 0 Å². The highest BCUT2D eigenvalue weighted by atomic mass is 127. The summed E-state index contributed by atoms with van der Waals surface area (Å²) in [5, 5.41) is 4.01. The first kappa shape index (κ1) is 19.5. The molecule has 1 aliphatic rings. The second kappa shape index (κ2) is 10.3. The molecular weight excluding hydrogens is 413 g/mol. The molecular formula is C16H25ClIN3O. The highest BCUT2D eigenvalue weighted by Crippen LogP contribution is 2.21. The van der Waals surface area contributed by atoms with Gasteiger partial charge in [0.1, 0.15) is 6.10 Å². The van der Waals surface area contributed by atoms with Crippen LogP contribution in [0, 0.1) is 0 Å². The third-order valence-electron chi connectivity index (χ3n) is 3.89. The SMILES string of the molecule is COC(CN=C(N)NC1CCCCC1)c1cccc(Cl)c1.I. The first-order valence-corrected chi connectivity index (χ1v) is 7.91. The molecule has 0 heterocycles. The number of halogens is 2.